The van der Waals surface area contributed by atoms with Crippen LogP contribution in [0, 0.1) is 0 Å². The lowest BCUT2D eigenvalue weighted by atomic mass is 10.1. The van der Waals surface area contributed by atoms with Gasteiger partial charge in [-0.25, -0.2) is 0 Å². The van der Waals surface area contributed by atoms with Crippen LogP contribution in [0.3, 0.4) is 0 Å². The molecule has 1 heterocycles. The molecule has 8 heteroatoms. The second kappa shape index (κ2) is 5.66. The average Bonchev–Trinajstić information content (AvgIpc) is 2.92. The molecular formula is C11H13ClN6O. The minimum Gasteiger partial charge on any atom is -0.387 e. The largest absolute Gasteiger partial charge is 0.387 e. The van der Waals surface area contributed by atoms with E-state index in [9.17, 15) is 4.79 Å². The van der Waals surface area contributed by atoms with E-state index >= 15 is 0 Å². The molecule has 1 aromatic carbocycles. The normalized spacial score (nSPS) is 11.9. The zero-order valence-corrected chi connectivity index (χ0v) is 11.2. The second-order valence-corrected chi connectivity index (χ2v) is 4.34. The smallest absolute Gasteiger partial charge is 0.254 e. The number of nitrogens with one attached hydrogen (secondary N) is 3. The van der Waals surface area contributed by atoms with Crippen molar-refractivity contribution in [2.75, 3.05) is 12.4 Å². The quantitative estimate of drug-likeness (QED) is 0.786. The highest BCUT2D eigenvalue weighted by molar-refractivity contribution is 6.31. The fourth-order valence-electron chi connectivity index (χ4n) is 1.61. The Kier molecular flexibility index (Phi) is 3.96. The summed E-state index contributed by atoms with van der Waals surface area (Å²) in [4.78, 5) is 12.2. The molecule has 100 valence electrons. The molecule has 0 aliphatic heterocycles. The molecule has 3 N–H and O–H groups in total. The molecule has 2 rings (SSSR count). The van der Waals surface area contributed by atoms with Gasteiger partial charge in [-0.3, -0.25) is 4.79 Å². The first-order chi connectivity index (χ1) is 9.11. The van der Waals surface area contributed by atoms with Crippen LogP contribution in [0.25, 0.3) is 0 Å². The van der Waals surface area contributed by atoms with Crippen molar-refractivity contribution in [1.29, 1.82) is 0 Å². The maximum atomic E-state index is 12.2. The third-order valence-electron chi connectivity index (χ3n) is 2.59. The van der Waals surface area contributed by atoms with Gasteiger partial charge >= 0.3 is 0 Å². The van der Waals surface area contributed by atoms with Crippen molar-refractivity contribution in [3.8, 4) is 0 Å². The average molecular weight is 281 g/mol. The third kappa shape index (κ3) is 3.00. The van der Waals surface area contributed by atoms with Crippen LogP contribution in [0.2, 0.25) is 5.02 Å². The lowest BCUT2D eigenvalue weighted by Gasteiger charge is -2.13. The topological polar surface area (TPSA) is 95.6 Å². The third-order valence-corrected chi connectivity index (χ3v) is 2.83. The summed E-state index contributed by atoms with van der Waals surface area (Å²) in [5.41, 5.74) is 1.16. The molecule has 0 spiro atoms. The van der Waals surface area contributed by atoms with Crippen molar-refractivity contribution < 1.29 is 4.79 Å². The molecule has 0 aliphatic rings. The number of hydrogen-bond acceptors (Lipinski definition) is 5. The zero-order valence-electron chi connectivity index (χ0n) is 10.4. The number of nitrogens with zero attached hydrogens (tertiary/aromatic N) is 3. The number of aromatic nitrogens is 4. The van der Waals surface area contributed by atoms with Gasteiger partial charge in [-0.2, -0.15) is 5.21 Å². The minimum atomic E-state index is -0.352. The number of benzene rings is 1. The van der Waals surface area contributed by atoms with Gasteiger partial charge in [0.05, 0.1) is 11.6 Å². The van der Waals surface area contributed by atoms with E-state index in [1.165, 1.54) is 0 Å². The Balaban J connectivity index is 2.18. The van der Waals surface area contributed by atoms with E-state index in [4.69, 9.17) is 11.6 Å². The van der Waals surface area contributed by atoms with Crippen molar-refractivity contribution in [2.24, 2.45) is 0 Å². The molecule has 0 bridgehead atoms. The first kappa shape index (κ1) is 13.3. The van der Waals surface area contributed by atoms with Gasteiger partial charge in [-0.1, -0.05) is 16.8 Å². The lowest BCUT2D eigenvalue weighted by Crippen LogP contribution is -2.28. The lowest BCUT2D eigenvalue weighted by molar-refractivity contribution is 0.0939. The van der Waals surface area contributed by atoms with E-state index in [-0.39, 0.29) is 11.9 Å². The van der Waals surface area contributed by atoms with Crippen molar-refractivity contribution in [3.63, 3.8) is 0 Å². The maximum Gasteiger partial charge on any atom is 0.254 e. The molecule has 2 aromatic rings. The van der Waals surface area contributed by atoms with E-state index in [1.807, 2.05) is 0 Å². The highest BCUT2D eigenvalue weighted by Gasteiger charge is 2.17. The molecular weight excluding hydrogens is 268 g/mol. The van der Waals surface area contributed by atoms with Gasteiger partial charge in [-0.15, -0.1) is 10.2 Å². The van der Waals surface area contributed by atoms with Crippen LogP contribution in [0.4, 0.5) is 5.69 Å². The Morgan fingerprint density at radius 3 is 2.89 bits per heavy atom. The number of halogens is 1. The number of aromatic amines is 1. The highest BCUT2D eigenvalue weighted by atomic mass is 35.5. The van der Waals surface area contributed by atoms with Gasteiger partial charge < -0.3 is 10.6 Å². The number of amides is 1. The number of carbonyl (C=O) groups is 1. The van der Waals surface area contributed by atoms with Gasteiger partial charge in [0.2, 0.25) is 0 Å². The SMILES string of the molecule is CNc1ccc(Cl)cc1C(=O)NC(C)c1nn[nH]n1. The predicted molar refractivity (Wildman–Crippen MR) is 71.1 cm³/mol. The Hall–Kier alpha value is -2.15. The van der Waals surface area contributed by atoms with Gasteiger partial charge in [0.15, 0.2) is 5.82 Å². The molecule has 0 saturated carbocycles. The van der Waals surface area contributed by atoms with Crippen molar-refractivity contribution in [1.82, 2.24) is 25.9 Å². The zero-order chi connectivity index (χ0) is 13.8. The summed E-state index contributed by atoms with van der Waals surface area (Å²) < 4.78 is 0. The molecule has 7 nitrogen and oxygen atoms in total. The number of H-pyrrole nitrogens is 1. The highest BCUT2D eigenvalue weighted by Crippen LogP contribution is 2.21. The number of anilines is 1. The summed E-state index contributed by atoms with van der Waals surface area (Å²) in [5, 5.41) is 19.6. The number of rotatable bonds is 4. The molecule has 19 heavy (non-hydrogen) atoms. The van der Waals surface area contributed by atoms with Crippen molar-refractivity contribution in [3.05, 3.63) is 34.6 Å². The monoisotopic (exact) mass is 280 g/mol. The summed E-state index contributed by atoms with van der Waals surface area (Å²) in [7, 11) is 1.74. The molecule has 0 fully saturated rings. The summed E-state index contributed by atoms with van der Waals surface area (Å²) >= 11 is 5.91. The number of hydrogen-bond donors (Lipinski definition) is 3. The van der Waals surface area contributed by atoms with E-state index in [2.05, 4.69) is 31.3 Å². The van der Waals surface area contributed by atoms with Crippen LogP contribution < -0.4 is 10.6 Å². The van der Waals surface area contributed by atoms with Crippen LogP contribution in [-0.4, -0.2) is 33.6 Å². The summed E-state index contributed by atoms with van der Waals surface area (Å²) in [6.45, 7) is 1.77. The number of tetrazole rings is 1. The van der Waals surface area contributed by atoms with Gasteiger partial charge in [0, 0.05) is 17.8 Å². The van der Waals surface area contributed by atoms with Gasteiger partial charge in [0.25, 0.3) is 5.91 Å². The fraction of sp³-hybridized carbons (Fsp3) is 0.273. The van der Waals surface area contributed by atoms with Crippen LogP contribution in [0.5, 0.6) is 0 Å². The molecule has 1 amide bonds. The molecule has 1 unspecified atom stereocenters. The Bertz CT molecular complexity index is 571. The van der Waals surface area contributed by atoms with Gasteiger partial charge in [-0.05, 0) is 25.1 Å². The molecule has 0 aliphatic carbocycles. The first-order valence-corrected chi connectivity index (χ1v) is 6.01. The summed E-state index contributed by atoms with van der Waals surface area (Å²) in [5.74, 6) is 0.158. The Labute approximate surface area is 114 Å². The van der Waals surface area contributed by atoms with E-state index in [0.717, 1.165) is 0 Å². The van der Waals surface area contributed by atoms with Crippen LogP contribution in [-0.2, 0) is 0 Å². The Morgan fingerprint density at radius 1 is 1.47 bits per heavy atom. The summed E-state index contributed by atoms with van der Waals surface area (Å²) in [6.07, 6.45) is 0. The van der Waals surface area contributed by atoms with Crippen LogP contribution in [0.15, 0.2) is 18.2 Å². The standard InChI is InChI=1S/C11H13ClN6O/c1-6(10-15-17-18-16-10)14-11(19)8-5-7(12)3-4-9(8)13-2/h3-6,13H,1-2H3,(H,14,19)(H,15,16,17,18). The van der Waals surface area contributed by atoms with Crippen LogP contribution in [0.1, 0.15) is 29.1 Å². The number of carbonyl (C=O) groups excluding carboxylic acids is 1. The van der Waals surface area contributed by atoms with Crippen molar-refractivity contribution >= 4 is 23.2 Å². The maximum absolute atomic E-state index is 12.2. The van der Waals surface area contributed by atoms with Crippen molar-refractivity contribution in [2.45, 2.75) is 13.0 Å². The fourth-order valence-corrected chi connectivity index (χ4v) is 1.79. The minimum absolute atomic E-state index is 0.260. The molecule has 1 aromatic heterocycles. The summed E-state index contributed by atoms with van der Waals surface area (Å²) in [6, 6.07) is 4.71. The van der Waals surface area contributed by atoms with E-state index in [1.54, 1.807) is 32.2 Å². The second-order valence-electron chi connectivity index (χ2n) is 3.91. The molecule has 0 saturated heterocycles. The Morgan fingerprint density at radius 2 is 2.26 bits per heavy atom. The first-order valence-electron chi connectivity index (χ1n) is 5.63. The van der Waals surface area contributed by atoms with E-state index < -0.39 is 0 Å². The van der Waals surface area contributed by atoms with E-state index in [0.29, 0.717) is 22.1 Å². The van der Waals surface area contributed by atoms with Gasteiger partial charge in [0.1, 0.15) is 0 Å². The molecule has 1 atom stereocenters. The molecule has 0 radical (unpaired) electrons. The predicted octanol–water partition coefficient (Wildman–Crippen LogP) is 1.39. The van der Waals surface area contributed by atoms with Crippen LogP contribution >= 0.6 is 11.6 Å².